The van der Waals surface area contributed by atoms with Gasteiger partial charge in [-0.1, -0.05) is 32.9 Å². The van der Waals surface area contributed by atoms with Crippen LogP contribution in [0.1, 0.15) is 52.9 Å². The Hall–Kier alpha value is -1.68. The topological polar surface area (TPSA) is 63.6 Å². The highest BCUT2D eigenvalue weighted by Gasteiger charge is 2.52. The van der Waals surface area contributed by atoms with Gasteiger partial charge in [-0.3, -0.25) is 0 Å². The summed E-state index contributed by atoms with van der Waals surface area (Å²) in [5.74, 6) is -1.32. The Morgan fingerprint density at radius 2 is 1.87 bits per heavy atom. The van der Waals surface area contributed by atoms with Crippen molar-refractivity contribution >= 4 is 11.9 Å². The van der Waals surface area contributed by atoms with Crippen LogP contribution in [0.4, 0.5) is 0 Å². The molecule has 1 aliphatic heterocycles. The largest absolute Gasteiger partial charge is 0.386 e. The van der Waals surface area contributed by atoms with Crippen molar-refractivity contribution in [1.82, 2.24) is 0 Å². The van der Waals surface area contributed by atoms with E-state index in [9.17, 15) is 14.7 Å². The average molecular weight is 316 g/mol. The third-order valence-electron chi connectivity index (χ3n) is 5.73. The van der Waals surface area contributed by atoms with E-state index in [0.717, 1.165) is 12.8 Å². The highest BCUT2D eigenvalue weighted by molar-refractivity contribution is 6.07. The highest BCUT2D eigenvalue weighted by Crippen LogP contribution is 2.52. The van der Waals surface area contributed by atoms with Crippen molar-refractivity contribution < 1.29 is 19.4 Å². The van der Waals surface area contributed by atoms with Gasteiger partial charge in [-0.15, -0.1) is 6.58 Å². The minimum absolute atomic E-state index is 0.196. The molecule has 2 aliphatic carbocycles. The SMILES string of the molecule is C=C[C@@]1(C)C=C2C(=O)OC(=O)C3=C(CCCC3(C)C)[C@@]2(O)CC1. The third-order valence-corrected chi connectivity index (χ3v) is 5.73. The molecule has 0 aromatic heterocycles. The van der Waals surface area contributed by atoms with E-state index in [1.807, 2.05) is 20.8 Å². The summed E-state index contributed by atoms with van der Waals surface area (Å²) in [4.78, 5) is 25.0. The number of esters is 2. The molecule has 4 heteroatoms. The van der Waals surface area contributed by atoms with Crippen molar-refractivity contribution in [1.29, 1.82) is 0 Å². The number of allylic oxidation sites excluding steroid dienone is 2. The van der Waals surface area contributed by atoms with Crippen LogP contribution in [0.25, 0.3) is 0 Å². The molecule has 0 radical (unpaired) electrons. The van der Waals surface area contributed by atoms with Gasteiger partial charge in [0.1, 0.15) is 5.60 Å². The molecule has 0 aromatic carbocycles. The number of cyclic esters (lactones) is 2. The molecule has 0 aromatic rings. The fourth-order valence-electron chi connectivity index (χ4n) is 4.18. The molecule has 0 amide bonds. The molecule has 2 atom stereocenters. The number of aliphatic hydroxyl groups is 1. The van der Waals surface area contributed by atoms with Gasteiger partial charge in [0.15, 0.2) is 0 Å². The molecular weight excluding hydrogens is 292 g/mol. The van der Waals surface area contributed by atoms with Gasteiger partial charge in [0, 0.05) is 11.0 Å². The van der Waals surface area contributed by atoms with E-state index in [1.165, 1.54) is 0 Å². The Bertz CT molecular complexity index is 667. The first-order valence-electron chi connectivity index (χ1n) is 8.23. The van der Waals surface area contributed by atoms with Gasteiger partial charge < -0.3 is 9.84 Å². The maximum Gasteiger partial charge on any atom is 0.344 e. The van der Waals surface area contributed by atoms with E-state index in [-0.39, 0.29) is 11.0 Å². The zero-order valence-corrected chi connectivity index (χ0v) is 14.1. The van der Waals surface area contributed by atoms with Crippen molar-refractivity contribution in [2.75, 3.05) is 0 Å². The Labute approximate surface area is 136 Å². The van der Waals surface area contributed by atoms with E-state index in [1.54, 1.807) is 12.2 Å². The minimum Gasteiger partial charge on any atom is -0.386 e. The average Bonchev–Trinajstić information content (AvgIpc) is 2.55. The Balaban J connectivity index is 2.26. The van der Waals surface area contributed by atoms with Crippen LogP contribution in [-0.2, 0) is 14.3 Å². The van der Waals surface area contributed by atoms with Crippen LogP contribution in [0.15, 0.2) is 35.5 Å². The van der Waals surface area contributed by atoms with Crippen LogP contribution in [-0.4, -0.2) is 22.6 Å². The van der Waals surface area contributed by atoms with E-state index >= 15 is 0 Å². The molecule has 3 rings (SSSR count). The predicted octanol–water partition coefficient (Wildman–Crippen LogP) is 3.22. The lowest BCUT2D eigenvalue weighted by Crippen LogP contribution is -2.43. The second kappa shape index (κ2) is 4.91. The summed E-state index contributed by atoms with van der Waals surface area (Å²) >= 11 is 0. The second-order valence-corrected chi connectivity index (χ2v) is 7.90. The second-order valence-electron chi connectivity index (χ2n) is 7.90. The zero-order chi connectivity index (χ0) is 17.0. The van der Waals surface area contributed by atoms with Crippen LogP contribution in [0.3, 0.4) is 0 Å². The summed E-state index contributed by atoms with van der Waals surface area (Å²) in [6.45, 7) is 9.74. The van der Waals surface area contributed by atoms with Crippen LogP contribution in [0.2, 0.25) is 0 Å². The molecule has 0 fully saturated rings. The molecule has 3 aliphatic rings. The molecule has 0 saturated carbocycles. The molecular formula is C19H24O4. The van der Waals surface area contributed by atoms with Gasteiger partial charge in [0.2, 0.25) is 0 Å². The van der Waals surface area contributed by atoms with Crippen molar-refractivity contribution in [3.05, 3.63) is 35.5 Å². The van der Waals surface area contributed by atoms with Gasteiger partial charge >= 0.3 is 11.9 Å². The number of carbonyl (C=O) groups is 2. The lowest BCUT2D eigenvalue weighted by molar-refractivity contribution is -0.155. The van der Waals surface area contributed by atoms with Gasteiger partial charge in [0.05, 0.1) is 5.57 Å². The maximum absolute atomic E-state index is 12.5. The molecule has 1 N–H and O–H groups in total. The van der Waals surface area contributed by atoms with Crippen molar-refractivity contribution in [3.63, 3.8) is 0 Å². The normalized spacial score (nSPS) is 36.4. The summed E-state index contributed by atoms with van der Waals surface area (Å²) < 4.78 is 5.09. The molecule has 0 saturated heterocycles. The maximum atomic E-state index is 12.5. The van der Waals surface area contributed by atoms with E-state index in [4.69, 9.17) is 4.74 Å². The van der Waals surface area contributed by atoms with Gasteiger partial charge in [-0.25, -0.2) is 9.59 Å². The number of hydrogen-bond donors (Lipinski definition) is 1. The van der Waals surface area contributed by atoms with E-state index in [2.05, 4.69) is 6.58 Å². The molecule has 0 bridgehead atoms. The number of carbonyl (C=O) groups excluding carboxylic acids is 2. The van der Waals surface area contributed by atoms with Crippen LogP contribution in [0.5, 0.6) is 0 Å². The number of fused-ring (bicyclic) bond motifs is 2. The fraction of sp³-hybridized carbons (Fsp3) is 0.579. The molecule has 124 valence electrons. The zero-order valence-electron chi connectivity index (χ0n) is 14.1. The summed E-state index contributed by atoms with van der Waals surface area (Å²) in [5, 5.41) is 11.4. The van der Waals surface area contributed by atoms with E-state index < -0.39 is 23.0 Å². The first-order valence-corrected chi connectivity index (χ1v) is 8.23. The summed E-state index contributed by atoms with van der Waals surface area (Å²) in [5.41, 5.74) is -0.790. The monoisotopic (exact) mass is 316 g/mol. The van der Waals surface area contributed by atoms with Crippen molar-refractivity contribution in [2.24, 2.45) is 10.8 Å². The van der Waals surface area contributed by atoms with Crippen LogP contribution in [0, 0.1) is 10.8 Å². The highest BCUT2D eigenvalue weighted by atomic mass is 16.6. The third kappa shape index (κ3) is 2.31. The summed E-state index contributed by atoms with van der Waals surface area (Å²) in [7, 11) is 0. The fourth-order valence-corrected chi connectivity index (χ4v) is 4.18. The van der Waals surface area contributed by atoms with Crippen LogP contribution < -0.4 is 0 Å². The molecule has 0 unspecified atom stereocenters. The lowest BCUT2D eigenvalue weighted by Gasteiger charge is -2.43. The Morgan fingerprint density at radius 3 is 2.52 bits per heavy atom. The summed E-state index contributed by atoms with van der Waals surface area (Å²) in [6, 6.07) is 0. The Kier molecular flexibility index (Phi) is 3.45. The predicted molar refractivity (Wildman–Crippen MR) is 86.3 cm³/mol. The van der Waals surface area contributed by atoms with Crippen LogP contribution >= 0.6 is 0 Å². The summed E-state index contributed by atoms with van der Waals surface area (Å²) in [6.07, 6.45) is 6.94. The molecule has 1 heterocycles. The first-order chi connectivity index (χ1) is 10.6. The van der Waals surface area contributed by atoms with E-state index in [0.29, 0.717) is 30.4 Å². The smallest absolute Gasteiger partial charge is 0.344 e. The Morgan fingerprint density at radius 1 is 1.17 bits per heavy atom. The number of hydrogen-bond acceptors (Lipinski definition) is 4. The molecule has 4 nitrogen and oxygen atoms in total. The van der Waals surface area contributed by atoms with Gasteiger partial charge in [-0.2, -0.15) is 0 Å². The molecule has 0 spiro atoms. The minimum atomic E-state index is -1.39. The van der Waals surface area contributed by atoms with Crippen molar-refractivity contribution in [3.8, 4) is 0 Å². The first kappa shape index (κ1) is 16.2. The number of rotatable bonds is 1. The van der Waals surface area contributed by atoms with Gasteiger partial charge in [0.25, 0.3) is 0 Å². The quantitative estimate of drug-likeness (QED) is 0.458. The number of ether oxygens (including phenoxy) is 1. The van der Waals surface area contributed by atoms with Crippen molar-refractivity contribution in [2.45, 2.75) is 58.5 Å². The van der Waals surface area contributed by atoms with Gasteiger partial charge in [-0.05, 0) is 43.1 Å². The standard InChI is InChI=1S/C19H24O4/c1-5-18(4)9-10-19(22)12-7-6-8-17(2,3)14(12)16(21)23-15(20)13(19)11-18/h5,11,22H,1,6-10H2,2-4H3/t18-,19+/m1/s1. The molecule has 23 heavy (non-hydrogen) atoms. The lowest BCUT2D eigenvalue weighted by atomic mass is 9.63.